The van der Waals surface area contributed by atoms with E-state index in [4.69, 9.17) is 4.74 Å². The first-order chi connectivity index (χ1) is 17.7. The smallest absolute Gasteiger partial charge is 0.414 e. The number of hydrogen-bond acceptors (Lipinski definition) is 4. The molecule has 7 nitrogen and oxygen atoms in total. The molecule has 0 saturated heterocycles. The molecule has 2 heterocycles. The van der Waals surface area contributed by atoms with Crippen LogP contribution in [0.25, 0.3) is 5.69 Å². The van der Waals surface area contributed by atoms with Gasteiger partial charge in [0.05, 0.1) is 12.9 Å². The zero-order chi connectivity index (χ0) is 24.7. The van der Waals surface area contributed by atoms with Gasteiger partial charge in [0.25, 0.3) is 5.91 Å². The lowest BCUT2D eigenvalue weighted by atomic mass is 10.0. The van der Waals surface area contributed by atoms with E-state index in [0.717, 1.165) is 22.4 Å². The van der Waals surface area contributed by atoms with Gasteiger partial charge in [0.1, 0.15) is 12.6 Å². The minimum absolute atomic E-state index is 0.142. The Hall–Kier alpha value is -4.65. The van der Waals surface area contributed by atoms with Crippen molar-refractivity contribution in [2.45, 2.75) is 25.6 Å². The number of benzene rings is 3. The third-order valence-corrected chi connectivity index (χ3v) is 6.09. The summed E-state index contributed by atoms with van der Waals surface area (Å²) in [6, 6.07) is 26.4. The molecule has 180 valence electrons. The molecule has 0 bridgehead atoms. The Labute approximate surface area is 209 Å². The van der Waals surface area contributed by atoms with E-state index in [2.05, 4.69) is 4.98 Å². The van der Waals surface area contributed by atoms with Crippen LogP contribution in [0.2, 0.25) is 0 Å². The standard InChI is InChI=1S/C29H26N4O3/c34-28-27(19-23-7-3-1-4-8-23)33(29(35)36-21-25-9-5-2-6-10-25)18-17-31(28)20-24-11-13-26(14-12-24)32-16-15-30-22-32/h1-18,22,27H,19-21H2. The van der Waals surface area contributed by atoms with Crippen LogP contribution in [0.1, 0.15) is 16.7 Å². The second-order valence-electron chi connectivity index (χ2n) is 8.55. The Morgan fingerprint density at radius 1 is 0.833 bits per heavy atom. The van der Waals surface area contributed by atoms with Gasteiger partial charge in [-0.2, -0.15) is 0 Å². The van der Waals surface area contributed by atoms with Gasteiger partial charge in [-0.25, -0.2) is 9.78 Å². The van der Waals surface area contributed by atoms with E-state index < -0.39 is 12.1 Å². The fraction of sp³-hybridized carbons (Fsp3) is 0.138. The van der Waals surface area contributed by atoms with E-state index >= 15 is 0 Å². The highest BCUT2D eigenvalue weighted by Crippen LogP contribution is 2.21. The maximum absolute atomic E-state index is 13.6. The van der Waals surface area contributed by atoms with Gasteiger partial charge in [0, 0.05) is 36.9 Å². The summed E-state index contributed by atoms with van der Waals surface area (Å²) < 4.78 is 7.46. The molecule has 4 aromatic rings. The quantitative estimate of drug-likeness (QED) is 0.378. The first kappa shape index (κ1) is 23.1. The summed E-state index contributed by atoms with van der Waals surface area (Å²) in [6.07, 6.45) is 8.49. The van der Waals surface area contributed by atoms with Gasteiger partial charge in [-0.15, -0.1) is 0 Å². The van der Waals surface area contributed by atoms with Crippen molar-refractivity contribution in [1.82, 2.24) is 19.4 Å². The summed E-state index contributed by atoms with van der Waals surface area (Å²) >= 11 is 0. The van der Waals surface area contributed by atoms with E-state index in [0.29, 0.717) is 13.0 Å². The summed E-state index contributed by atoms with van der Waals surface area (Å²) in [5, 5.41) is 0. The fourth-order valence-electron chi connectivity index (χ4n) is 4.16. The molecule has 0 spiro atoms. The van der Waals surface area contributed by atoms with Crippen LogP contribution in [0.15, 0.2) is 116 Å². The SMILES string of the molecule is O=C1C(Cc2ccccc2)N(C(=O)OCc2ccccc2)C=CN1Cc1ccc(-n2ccnc2)cc1. The molecule has 0 radical (unpaired) electrons. The lowest BCUT2D eigenvalue weighted by Crippen LogP contribution is -2.51. The largest absolute Gasteiger partial charge is 0.444 e. The highest BCUT2D eigenvalue weighted by Gasteiger charge is 2.35. The molecule has 0 N–H and O–H groups in total. The van der Waals surface area contributed by atoms with Crippen molar-refractivity contribution in [3.8, 4) is 5.69 Å². The van der Waals surface area contributed by atoms with Crippen LogP contribution in [0.5, 0.6) is 0 Å². The van der Waals surface area contributed by atoms with E-state index in [-0.39, 0.29) is 12.5 Å². The second-order valence-corrected chi connectivity index (χ2v) is 8.55. The Balaban J connectivity index is 1.33. The predicted octanol–water partition coefficient (Wildman–Crippen LogP) is 4.94. The molecule has 1 atom stereocenters. The van der Waals surface area contributed by atoms with Gasteiger partial charge in [-0.05, 0) is 28.8 Å². The van der Waals surface area contributed by atoms with Crippen LogP contribution < -0.4 is 0 Å². The molecular weight excluding hydrogens is 452 g/mol. The Morgan fingerprint density at radius 3 is 2.19 bits per heavy atom. The van der Waals surface area contributed by atoms with Crippen molar-refractivity contribution in [2.75, 3.05) is 0 Å². The lowest BCUT2D eigenvalue weighted by Gasteiger charge is -2.35. The van der Waals surface area contributed by atoms with Crippen molar-refractivity contribution >= 4 is 12.0 Å². The van der Waals surface area contributed by atoms with Crippen molar-refractivity contribution in [3.63, 3.8) is 0 Å². The van der Waals surface area contributed by atoms with Gasteiger partial charge in [-0.3, -0.25) is 9.69 Å². The zero-order valence-corrected chi connectivity index (χ0v) is 19.7. The van der Waals surface area contributed by atoms with Crippen LogP contribution in [0.4, 0.5) is 4.79 Å². The molecule has 1 aliphatic heterocycles. The van der Waals surface area contributed by atoms with Crippen molar-refractivity contribution in [2.24, 2.45) is 0 Å². The summed E-state index contributed by atoms with van der Waals surface area (Å²) in [7, 11) is 0. The molecule has 0 fully saturated rings. The summed E-state index contributed by atoms with van der Waals surface area (Å²) in [5.74, 6) is -0.156. The van der Waals surface area contributed by atoms with Crippen molar-refractivity contribution in [1.29, 1.82) is 0 Å². The Kier molecular flexibility index (Phi) is 6.89. The number of imidazole rings is 1. The molecule has 5 rings (SSSR count). The van der Waals surface area contributed by atoms with Crippen LogP contribution in [-0.2, 0) is 29.1 Å². The molecule has 2 amide bonds. The second kappa shape index (κ2) is 10.7. The van der Waals surface area contributed by atoms with Gasteiger partial charge in [-0.1, -0.05) is 72.8 Å². The average Bonchev–Trinajstić information content (AvgIpc) is 3.46. The van der Waals surface area contributed by atoms with Crippen molar-refractivity contribution < 1.29 is 14.3 Å². The molecule has 3 aromatic carbocycles. The molecule has 0 saturated carbocycles. The van der Waals surface area contributed by atoms with Crippen LogP contribution in [0, 0.1) is 0 Å². The number of amides is 2. The molecule has 1 aromatic heterocycles. The van der Waals surface area contributed by atoms with E-state index in [9.17, 15) is 9.59 Å². The molecule has 1 unspecified atom stereocenters. The molecule has 36 heavy (non-hydrogen) atoms. The minimum atomic E-state index is -0.703. The topological polar surface area (TPSA) is 67.7 Å². The Bertz CT molecular complexity index is 1320. The number of hydrogen-bond donors (Lipinski definition) is 0. The van der Waals surface area contributed by atoms with Crippen LogP contribution in [-0.4, -0.2) is 37.4 Å². The highest BCUT2D eigenvalue weighted by atomic mass is 16.6. The van der Waals surface area contributed by atoms with Crippen LogP contribution >= 0.6 is 0 Å². The maximum Gasteiger partial charge on any atom is 0.414 e. The molecule has 7 heteroatoms. The van der Waals surface area contributed by atoms with E-state index in [1.807, 2.05) is 95.7 Å². The van der Waals surface area contributed by atoms with Gasteiger partial charge in [0.15, 0.2) is 0 Å². The zero-order valence-electron chi connectivity index (χ0n) is 19.7. The third-order valence-electron chi connectivity index (χ3n) is 6.09. The van der Waals surface area contributed by atoms with E-state index in [1.165, 1.54) is 4.90 Å². The van der Waals surface area contributed by atoms with E-state index in [1.54, 1.807) is 29.8 Å². The van der Waals surface area contributed by atoms with Crippen LogP contribution in [0.3, 0.4) is 0 Å². The number of ether oxygens (including phenoxy) is 1. The third kappa shape index (κ3) is 5.36. The first-order valence-corrected chi connectivity index (χ1v) is 11.8. The Morgan fingerprint density at radius 2 is 1.53 bits per heavy atom. The lowest BCUT2D eigenvalue weighted by molar-refractivity contribution is -0.134. The average molecular weight is 479 g/mol. The number of carbonyl (C=O) groups excluding carboxylic acids is 2. The van der Waals surface area contributed by atoms with Gasteiger partial charge in [0.2, 0.25) is 0 Å². The number of carbonyl (C=O) groups is 2. The summed E-state index contributed by atoms with van der Waals surface area (Å²) in [4.78, 5) is 33.7. The predicted molar refractivity (Wildman–Crippen MR) is 136 cm³/mol. The normalized spacial score (nSPS) is 15.2. The minimum Gasteiger partial charge on any atom is -0.444 e. The van der Waals surface area contributed by atoms with Gasteiger partial charge < -0.3 is 14.2 Å². The number of aromatic nitrogens is 2. The monoisotopic (exact) mass is 478 g/mol. The molecular formula is C29H26N4O3. The van der Waals surface area contributed by atoms with Gasteiger partial charge >= 0.3 is 6.09 Å². The highest BCUT2D eigenvalue weighted by molar-refractivity contribution is 5.88. The molecule has 1 aliphatic rings. The molecule has 0 aliphatic carbocycles. The summed E-state index contributed by atoms with van der Waals surface area (Å²) in [6.45, 7) is 0.543. The summed E-state index contributed by atoms with van der Waals surface area (Å²) in [5.41, 5.74) is 3.83. The number of nitrogens with zero attached hydrogens (tertiary/aromatic N) is 4. The fourth-order valence-corrected chi connectivity index (χ4v) is 4.16. The number of rotatable bonds is 7. The van der Waals surface area contributed by atoms with Crippen molar-refractivity contribution in [3.05, 3.63) is 133 Å². The first-order valence-electron chi connectivity index (χ1n) is 11.8. The maximum atomic E-state index is 13.6.